The van der Waals surface area contributed by atoms with Crippen LogP contribution in [0.1, 0.15) is 22.5 Å². The van der Waals surface area contributed by atoms with Crippen molar-refractivity contribution in [2.24, 2.45) is 0 Å². The lowest BCUT2D eigenvalue weighted by Gasteiger charge is -2.15. The summed E-state index contributed by atoms with van der Waals surface area (Å²) in [5.74, 6) is 1.25. The molecule has 0 amide bonds. The number of nitrogens with two attached hydrogens (primary N) is 1. The van der Waals surface area contributed by atoms with E-state index >= 15 is 0 Å². The summed E-state index contributed by atoms with van der Waals surface area (Å²) in [6, 6.07) is 8.38. The van der Waals surface area contributed by atoms with Gasteiger partial charge in [0, 0.05) is 12.6 Å². The van der Waals surface area contributed by atoms with E-state index in [9.17, 15) is 0 Å². The van der Waals surface area contributed by atoms with E-state index in [0.29, 0.717) is 5.82 Å². The summed E-state index contributed by atoms with van der Waals surface area (Å²) in [6.07, 6.45) is 1.03. The first-order chi connectivity index (χ1) is 9.04. The fraction of sp³-hybridized carbons (Fsp3) is 0.400. The van der Waals surface area contributed by atoms with Crippen LogP contribution >= 0.6 is 0 Å². The molecule has 1 aromatic heterocycles. The van der Waals surface area contributed by atoms with Gasteiger partial charge in [-0.1, -0.05) is 28.9 Å². The normalized spacial score (nSPS) is 11.2. The van der Waals surface area contributed by atoms with Crippen LogP contribution in [-0.4, -0.2) is 23.6 Å². The van der Waals surface area contributed by atoms with E-state index in [0.717, 1.165) is 25.3 Å². The van der Waals surface area contributed by atoms with E-state index in [1.807, 2.05) is 0 Å². The lowest BCUT2D eigenvalue weighted by Crippen LogP contribution is -2.20. The highest BCUT2D eigenvalue weighted by molar-refractivity contribution is 5.30. The Balaban J connectivity index is 1.87. The zero-order valence-electron chi connectivity index (χ0n) is 11.8. The smallest absolute Gasteiger partial charge is 0.167 e. The molecule has 0 aliphatic carbocycles. The maximum Gasteiger partial charge on any atom is 0.167 e. The first-order valence-corrected chi connectivity index (χ1v) is 6.50. The largest absolute Gasteiger partial charge is 0.381 e. The molecule has 102 valence electrons. The Labute approximate surface area is 114 Å². The number of rotatable bonds is 5. The molecule has 2 rings (SSSR count). The molecule has 0 saturated heterocycles. The molecule has 0 unspecified atom stereocenters. The summed E-state index contributed by atoms with van der Waals surface area (Å²) >= 11 is 0. The Hall–Kier alpha value is -1.81. The molecule has 0 saturated carbocycles. The van der Waals surface area contributed by atoms with Gasteiger partial charge in [0.15, 0.2) is 11.6 Å². The lowest BCUT2D eigenvalue weighted by atomic mass is 10.0. The number of likely N-dealkylation sites (N-methyl/N-ethyl adjacent to an activating group) is 1. The van der Waals surface area contributed by atoms with Crippen LogP contribution in [-0.2, 0) is 13.0 Å². The molecule has 0 aliphatic rings. The number of benzene rings is 1. The molecule has 4 nitrogen and oxygen atoms in total. The van der Waals surface area contributed by atoms with Gasteiger partial charge in [0.25, 0.3) is 0 Å². The van der Waals surface area contributed by atoms with Crippen LogP contribution in [0.4, 0.5) is 5.82 Å². The van der Waals surface area contributed by atoms with Crippen molar-refractivity contribution in [3.63, 3.8) is 0 Å². The topological polar surface area (TPSA) is 55.3 Å². The summed E-state index contributed by atoms with van der Waals surface area (Å²) in [5.41, 5.74) is 9.60. The second kappa shape index (κ2) is 5.89. The van der Waals surface area contributed by atoms with Crippen LogP contribution in [0.25, 0.3) is 0 Å². The van der Waals surface area contributed by atoms with Gasteiger partial charge in [-0.05, 0) is 38.4 Å². The molecule has 0 fully saturated rings. The summed E-state index contributed by atoms with van der Waals surface area (Å²) in [7, 11) is 2.07. The highest BCUT2D eigenvalue weighted by Gasteiger charge is 2.06. The summed E-state index contributed by atoms with van der Waals surface area (Å²) in [5, 5.41) is 3.69. The van der Waals surface area contributed by atoms with Crippen LogP contribution in [0.15, 0.2) is 28.8 Å². The van der Waals surface area contributed by atoms with Gasteiger partial charge in [-0.25, -0.2) is 0 Å². The third-order valence-electron chi connectivity index (χ3n) is 3.26. The molecule has 0 atom stereocenters. The molecule has 19 heavy (non-hydrogen) atoms. The van der Waals surface area contributed by atoms with E-state index < -0.39 is 0 Å². The monoisotopic (exact) mass is 259 g/mol. The average molecular weight is 259 g/mol. The highest BCUT2D eigenvalue weighted by atomic mass is 16.5. The Morgan fingerprint density at radius 3 is 2.68 bits per heavy atom. The zero-order valence-corrected chi connectivity index (χ0v) is 11.8. The number of anilines is 1. The van der Waals surface area contributed by atoms with Crippen LogP contribution in [0.2, 0.25) is 0 Å². The highest BCUT2D eigenvalue weighted by Crippen LogP contribution is 2.12. The number of nitrogen functional groups attached to an aromatic ring is 1. The van der Waals surface area contributed by atoms with Crippen LogP contribution in [0, 0.1) is 13.8 Å². The molecule has 4 heteroatoms. The predicted octanol–water partition coefficient (Wildman–Crippen LogP) is 2.55. The number of hydrogen-bond acceptors (Lipinski definition) is 4. The Kier molecular flexibility index (Phi) is 4.22. The van der Waals surface area contributed by atoms with Crippen molar-refractivity contribution < 1.29 is 4.52 Å². The average Bonchev–Trinajstić information content (AvgIpc) is 2.73. The molecular weight excluding hydrogens is 238 g/mol. The maximum atomic E-state index is 5.53. The molecule has 0 aliphatic heterocycles. The standard InChI is InChI=1S/C15H21N3O/c1-11-4-5-13(12(2)8-11)6-7-18(3)10-14-9-15(16)17-19-14/h4-5,8-9H,6-7,10H2,1-3H3,(H2,16,17). The minimum absolute atomic E-state index is 0.442. The van der Waals surface area contributed by atoms with E-state index in [1.54, 1.807) is 6.07 Å². The van der Waals surface area contributed by atoms with Gasteiger partial charge in [-0.3, -0.25) is 4.90 Å². The van der Waals surface area contributed by atoms with E-state index in [2.05, 4.69) is 49.2 Å². The minimum Gasteiger partial charge on any atom is -0.381 e. The number of nitrogens with zero attached hydrogens (tertiary/aromatic N) is 2. The van der Waals surface area contributed by atoms with Crippen molar-refractivity contribution in [3.05, 3.63) is 46.7 Å². The van der Waals surface area contributed by atoms with Gasteiger partial charge in [-0.15, -0.1) is 0 Å². The van der Waals surface area contributed by atoms with Gasteiger partial charge in [-0.2, -0.15) is 0 Å². The predicted molar refractivity (Wildman–Crippen MR) is 76.9 cm³/mol. The summed E-state index contributed by atoms with van der Waals surface area (Å²) < 4.78 is 5.11. The van der Waals surface area contributed by atoms with Gasteiger partial charge in [0.05, 0.1) is 6.54 Å². The van der Waals surface area contributed by atoms with E-state index in [4.69, 9.17) is 10.3 Å². The zero-order chi connectivity index (χ0) is 13.8. The Morgan fingerprint density at radius 1 is 1.26 bits per heavy atom. The molecule has 2 N–H and O–H groups in total. The fourth-order valence-corrected chi connectivity index (χ4v) is 2.19. The van der Waals surface area contributed by atoms with E-state index in [1.165, 1.54) is 16.7 Å². The van der Waals surface area contributed by atoms with Crippen LogP contribution in [0.5, 0.6) is 0 Å². The first-order valence-electron chi connectivity index (χ1n) is 6.50. The molecule has 0 radical (unpaired) electrons. The Bertz CT molecular complexity index is 548. The molecule has 2 aromatic rings. The molecule has 1 heterocycles. The molecule has 1 aromatic carbocycles. The van der Waals surface area contributed by atoms with Crippen molar-refractivity contribution >= 4 is 5.82 Å². The minimum atomic E-state index is 0.442. The quantitative estimate of drug-likeness (QED) is 0.896. The summed E-state index contributed by atoms with van der Waals surface area (Å²) in [4.78, 5) is 2.21. The molecule has 0 bridgehead atoms. The van der Waals surface area contributed by atoms with Crippen molar-refractivity contribution in [3.8, 4) is 0 Å². The second-order valence-electron chi connectivity index (χ2n) is 5.14. The van der Waals surface area contributed by atoms with Gasteiger partial charge in [0.1, 0.15) is 0 Å². The van der Waals surface area contributed by atoms with Crippen molar-refractivity contribution in [2.75, 3.05) is 19.3 Å². The molecule has 0 spiro atoms. The van der Waals surface area contributed by atoms with Gasteiger partial charge >= 0.3 is 0 Å². The number of hydrogen-bond donors (Lipinski definition) is 1. The number of aromatic nitrogens is 1. The maximum absolute atomic E-state index is 5.53. The van der Waals surface area contributed by atoms with Crippen molar-refractivity contribution in [1.82, 2.24) is 10.1 Å². The fourth-order valence-electron chi connectivity index (χ4n) is 2.19. The molecular formula is C15H21N3O. The van der Waals surface area contributed by atoms with Gasteiger partial charge < -0.3 is 10.3 Å². The number of aryl methyl sites for hydroxylation is 2. The third kappa shape index (κ3) is 3.83. The van der Waals surface area contributed by atoms with Crippen molar-refractivity contribution in [1.29, 1.82) is 0 Å². The van der Waals surface area contributed by atoms with Gasteiger partial charge in [0.2, 0.25) is 0 Å². The van der Waals surface area contributed by atoms with Crippen molar-refractivity contribution in [2.45, 2.75) is 26.8 Å². The first kappa shape index (κ1) is 13.6. The second-order valence-corrected chi connectivity index (χ2v) is 5.14. The van der Waals surface area contributed by atoms with Crippen LogP contribution in [0.3, 0.4) is 0 Å². The Morgan fingerprint density at radius 2 is 2.05 bits per heavy atom. The lowest BCUT2D eigenvalue weighted by molar-refractivity contribution is 0.275. The van der Waals surface area contributed by atoms with E-state index in [-0.39, 0.29) is 0 Å². The summed E-state index contributed by atoms with van der Waals surface area (Å²) in [6.45, 7) is 6.00. The SMILES string of the molecule is Cc1ccc(CCN(C)Cc2cc(N)no2)c(C)c1. The third-order valence-corrected chi connectivity index (χ3v) is 3.26. The van der Waals surface area contributed by atoms with Crippen LogP contribution < -0.4 is 5.73 Å².